The fourth-order valence-electron chi connectivity index (χ4n) is 3.56. The standard InChI is InChI=1S/C21H23N5O2S/c1-14-7-8-22-19(10-14)25-18-6-2-5-16(24-18)17-12-23-21(29-17)26-9-3-4-15(13-26)11-20(27)28/h2,5-8,10,12,15H,3-4,9,11,13H2,1H3,(H,27,28)(H,22,24,25)/t15-/m0/s1. The van der Waals surface area contributed by atoms with E-state index in [0.29, 0.717) is 0 Å². The summed E-state index contributed by atoms with van der Waals surface area (Å²) >= 11 is 1.59. The molecule has 1 aliphatic rings. The van der Waals surface area contributed by atoms with Gasteiger partial charge >= 0.3 is 5.97 Å². The molecule has 4 rings (SSSR count). The van der Waals surface area contributed by atoms with Crippen molar-refractivity contribution >= 4 is 34.1 Å². The minimum Gasteiger partial charge on any atom is -0.481 e. The quantitative estimate of drug-likeness (QED) is 0.625. The Morgan fingerprint density at radius 2 is 2.21 bits per heavy atom. The topological polar surface area (TPSA) is 91.2 Å². The number of carboxylic acid groups (broad SMARTS) is 1. The van der Waals surface area contributed by atoms with Gasteiger partial charge < -0.3 is 15.3 Å². The molecular weight excluding hydrogens is 386 g/mol. The number of hydrogen-bond donors (Lipinski definition) is 2. The summed E-state index contributed by atoms with van der Waals surface area (Å²) in [7, 11) is 0. The van der Waals surface area contributed by atoms with Crippen molar-refractivity contribution in [3.05, 3.63) is 48.3 Å². The Bertz CT molecular complexity index is 1010. The first-order chi connectivity index (χ1) is 14.1. The van der Waals surface area contributed by atoms with E-state index in [9.17, 15) is 4.79 Å². The molecule has 150 valence electrons. The molecule has 3 aromatic heterocycles. The van der Waals surface area contributed by atoms with Gasteiger partial charge in [-0.15, -0.1) is 0 Å². The Morgan fingerprint density at radius 3 is 3.03 bits per heavy atom. The van der Waals surface area contributed by atoms with Gasteiger partial charge in [0.05, 0.1) is 10.6 Å². The number of aromatic nitrogens is 3. The Labute approximate surface area is 173 Å². The Hall–Kier alpha value is -3.00. The maximum atomic E-state index is 11.0. The van der Waals surface area contributed by atoms with Crippen molar-refractivity contribution < 1.29 is 9.90 Å². The second-order valence-electron chi connectivity index (χ2n) is 7.31. The first-order valence-corrected chi connectivity index (χ1v) is 10.5. The van der Waals surface area contributed by atoms with Gasteiger partial charge in [0, 0.05) is 31.9 Å². The molecule has 0 bridgehead atoms. The average molecular weight is 410 g/mol. The van der Waals surface area contributed by atoms with E-state index in [1.807, 2.05) is 43.5 Å². The molecule has 0 spiro atoms. The van der Waals surface area contributed by atoms with Crippen LogP contribution in [-0.2, 0) is 4.79 Å². The van der Waals surface area contributed by atoms with Crippen LogP contribution >= 0.6 is 11.3 Å². The number of aliphatic carboxylic acids is 1. The van der Waals surface area contributed by atoms with E-state index in [1.165, 1.54) is 0 Å². The molecule has 0 radical (unpaired) electrons. The van der Waals surface area contributed by atoms with Crippen molar-refractivity contribution in [2.24, 2.45) is 5.92 Å². The van der Waals surface area contributed by atoms with Crippen molar-refractivity contribution in [1.82, 2.24) is 15.0 Å². The van der Waals surface area contributed by atoms with E-state index >= 15 is 0 Å². The smallest absolute Gasteiger partial charge is 0.303 e. The summed E-state index contributed by atoms with van der Waals surface area (Å²) in [6.07, 6.45) is 5.79. The fourth-order valence-corrected chi connectivity index (χ4v) is 4.48. The van der Waals surface area contributed by atoms with Crippen LogP contribution in [0.2, 0.25) is 0 Å². The minimum absolute atomic E-state index is 0.182. The van der Waals surface area contributed by atoms with Gasteiger partial charge in [-0.2, -0.15) is 0 Å². The number of rotatable bonds is 6. The predicted molar refractivity (Wildman–Crippen MR) is 115 cm³/mol. The summed E-state index contributed by atoms with van der Waals surface area (Å²) in [6, 6.07) is 9.77. The lowest BCUT2D eigenvalue weighted by molar-refractivity contribution is -0.138. The molecule has 29 heavy (non-hydrogen) atoms. The summed E-state index contributed by atoms with van der Waals surface area (Å²) in [5.41, 5.74) is 1.99. The first-order valence-electron chi connectivity index (χ1n) is 9.66. The van der Waals surface area contributed by atoms with Gasteiger partial charge in [0.2, 0.25) is 0 Å². The number of piperidine rings is 1. The third-order valence-electron chi connectivity index (χ3n) is 4.92. The van der Waals surface area contributed by atoms with Crippen LogP contribution in [0.1, 0.15) is 24.8 Å². The van der Waals surface area contributed by atoms with E-state index in [2.05, 4.69) is 20.2 Å². The van der Waals surface area contributed by atoms with Crippen LogP contribution < -0.4 is 10.2 Å². The fraction of sp³-hybridized carbons (Fsp3) is 0.333. The molecule has 8 heteroatoms. The van der Waals surface area contributed by atoms with Gasteiger partial charge in [-0.05, 0) is 55.5 Å². The molecule has 2 N–H and O–H groups in total. The minimum atomic E-state index is -0.728. The summed E-state index contributed by atoms with van der Waals surface area (Å²) in [4.78, 5) is 27.8. The highest BCUT2D eigenvalue weighted by molar-refractivity contribution is 7.18. The number of carbonyl (C=O) groups is 1. The molecule has 1 fully saturated rings. The zero-order valence-electron chi connectivity index (χ0n) is 16.2. The van der Waals surface area contributed by atoms with Crippen LogP contribution in [-0.4, -0.2) is 39.1 Å². The van der Waals surface area contributed by atoms with E-state index in [4.69, 9.17) is 10.1 Å². The lowest BCUT2D eigenvalue weighted by Gasteiger charge is -2.31. The number of thiazole rings is 1. The van der Waals surface area contributed by atoms with Crippen molar-refractivity contribution in [2.45, 2.75) is 26.2 Å². The lowest BCUT2D eigenvalue weighted by atomic mass is 9.95. The average Bonchev–Trinajstić information content (AvgIpc) is 3.18. The number of hydrogen-bond acceptors (Lipinski definition) is 7. The number of aryl methyl sites for hydroxylation is 1. The van der Waals surface area contributed by atoms with Crippen molar-refractivity contribution in [3.63, 3.8) is 0 Å². The highest BCUT2D eigenvalue weighted by Crippen LogP contribution is 2.33. The Morgan fingerprint density at radius 1 is 1.31 bits per heavy atom. The molecule has 0 unspecified atom stereocenters. The Balaban J connectivity index is 1.48. The molecule has 1 atom stereocenters. The summed E-state index contributed by atoms with van der Waals surface area (Å²) in [5, 5.41) is 13.2. The molecule has 4 heterocycles. The van der Waals surface area contributed by atoms with Crippen LogP contribution in [0.3, 0.4) is 0 Å². The third-order valence-corrected chi connectivity index (χ3v) is 6.00. The normalized spacial score (nSPS) is 16.6. The number of pyridine rings is 2. The van der Waals surface area contributed by atoms with Crippen LogP contribution in [0.25, 0.3) is 10.6 Å². The highest BCUT2D eigenvalue weighted by Gasteiger charge is 2.24. The number of anilines is 3. The zero-order valence-corrected chi connectivity index (χ0v) is 17.0. The van der Waals surface area contributed by atoms with Gasteiger partial charge in [0.15, 0.2) is 5.13 Å². The maximum absolute atomic E-state index is 11.0. The molecule has 0 saturated carbocycles. The Kier molecular flexibility index (Phi) is 5.71. The molecule has 3 aromatic rings. The molecule has 0 amide bonds. The van der Waals surface area contributed by atoms with E-state index in [0.717, 1.165) is 58.8 Å². The first kappa shape index (κ1) is 19.3. The lowest BCUT2D eigenvalue weighted by Crippen LogP contribution is -2.36. The van der Waals surface area contributed by atoms with E-state index in [1.54, 1.807) is 17.5 Å². The second-order valence-corrected chi connectivity index (χ2v) is 8.32. The number of carboxylic acids is 1. The van der Waals surface area contributed by atoms with Gasteiger partial charge in [-0.25, -0.2) is 15.0 Å². The van der Waals surface area contributed by atoms with Gasteiger partial charge in [-0.1, -0.05) is 17.4 Å². The molecule has 1 saturated heterocycles. The van der Waals surface area contributed by atoms with Crippen LogP contribution in [0, 0.1) is 12.8 Å². The summed E-state index contributed by atoms with van der Waals surface area (Å²) in [5.74, 6) is 0.946. The SMILES string of the molecule is Cc1ccnc(Nc2cccc(-c3cnc(N4CCC[C@@H](CC(=O)O)C4)s3)n2)c1. The highest BCUT2D eigenvalue weighted by atomic mass is 32.1. The van der Waals surface area contributed by atoms with Crippen molar-refractivity contribution in [3.8, 4) is 10.6 Å². The van der Waals surface area contributed by atoms with Crippen LogP contribution in [0.4, 0.5) is 16.8 Å². The number of nitrogens with one attached hydrogen (secondary N) is 1. The van der Waals surface area contributed by atoms with Crippen LogP contribution in [0.5, 0.6) is 0 Å². The molecule has 0 aliphatic carbocycles. The molecule has 1 aliphatic heterocycles. The second kappa shape index (κ2) is 8.57. The van der Waals surface area contributed by atoms with Crippen molar-refractivity contribution in [1.29, 1.82) is 0 Å². The molecule has 0 aromatic carbocycles. The van der Waals surface area contributed by atoms with Gasteiger partial charge in [0.25, 0.3) is 0 Å². The zero-order chi connectivity index (χ0) is 20.2. The molecular formula is C21H23N5O2S. The predicted octanol–water partition coefficient (Wildman–Crippen LogP) is 4.34. The van der Waals surface area contributed by atoms with E-state index in [-0.39, 0.29) is 12.3 Å². The summed E-state index contributed by atoms with van der Waals surface area (Å²) in [6.45, 7) is 3.68. The van der Waals surface area contributed by atoms with Gasteiger partial charge in [0.1, 0.15) is 11.6 Å². The van der Waals surface area contributed by atoms with Crippen LogP contribution in [0.15, 0.2) is 42.7 Å². The summed E-state index contributed by atoms with van der Waals surface area (Å²) < 4.78 is 0. The molecule has 7 nitrogen and oxygen atoms in total. The third kappa shape index (κ3) is 4.89. The van der Waals surface area contributed by atoms with Crippen molar-refractivity contribution in [2.75, 3.05) is 23.3 Å². The largest absolute Gasteiger partial charge is 0.481 e. The number of nitrogens with zero attached hydrogens (tertiary/aromatic N) is 4. The maximum Gasteiger partial charge on any atom is 0.303 e. The monoisotopic (exact) mass is 409 g/mol. The van der Waals surface area contributed by atoms with E-state index < -0.39 is 5.97 Å². The van der Waals surface area contributed by atoms with Gasteiger partial charge in [-0.3, -0.25) is 4.79 Å².